The second-order valence-corrected chi connectivity index (χ2v) is 7.38. The number of hydrogen-bond acceptors (Lipinski definition) is 1. The molecular weight excluding hydrogens is 194 g/mol. The molecule has 2 aliphatic rings. The van der Waals surface area contributed by atoms with E-state index >= 15 is 0 Å². The van der Waals surface area contributed by atoms with Gasteiger partial charge in [-0.2, -0.15) is 0 Å². The van der Waals surface area contributed by atoms with Crippen LogP contribution in [0.4, 0.5) is 0 Å². The molecule has 1 saturated carbocycles. The number of nitrogens with one attached hydrogen (secondary N) is 1. The lowest BCUT2D eigenvalue weighted by Gasteiger charge is -2.53. The summed E-state index contributed by atoms with van der Waals surface area (Å²) in [4.78, 5) is 0. The predicted molar refractivity (Wildman–Crippen MR) is 70.4 cm³/mol. The van der Waals surface area contributed by atoms with E-state index in [1.165, 1.54) is 32.4 Å². The lowest BCUT2D eigenvalue weighted by Crippen LogP contribution is -2.48. The van der Waals surface area contributed by atoms with Gasteiger partial charge in [0, 0.05) is 13.1 Å². The van der Waals surface area contributed by atoms with Crippen molar-refractivity contribution in [3.63, 3.8) is 0 Å². The smallest absolute Gasteiger partial charge is 0.00165 e. The average molecular weight is 223 g/mol. The first-order valence-electron chi connectivity index (χ1n) is 7.10. The highest BCUT2D eigenvalue weighted by Gasteiger charge is 2.55. The van der Waals surface area contributed by atoms with E-state index < -0.39 is 0 Å². The van der Waals surface area contributed by atoms with Crippen molar-refractivity contribution in [2.75, 3.05) is 13.1 Å². The summed E-state index contributed by atoms with van der Waals surface area (Å²) in [6.07, 6.45) is 4.33. The van der Waals surface area contributed by atoms with E-state index in [2.05, 4.69) is 39.9 Å². The van der Waals surface area contributed by atoms with Gasteiger partial charge in [0.25, 0.3) is 0 Å². The second-order valence-electron chi connectivity index (χ2n) is 7.38. The van der Waals surface area contributed by atoms with Crippen LogP contribution in [0, 0.1) is 28.6 Å². The molecule has 2 rings (SSSR count). The molecule has 1 aliphatic carbocycles. The maximum atomic E-state index is 3.68. The van der Waals surface area contributed by atoms with Gasteiger partial charge in [-0.25, -0.2) is 0 Å². The van der Waals surface area contributed by atoms with Gasteiger partial charge in [-0.15, -0.1) is 0 Å². The van der Waals surface area contributed by atoms with Gasteiger partial charge in [0.05, 0.1) is 0 Å². The summed E-state index contributed by atoms with van der Waals surface area (Å²) >= 11 is 0. The van der Waals surface area contributed by atoms with Crippen LogP contribution < -0.4 is 5.32 Å². The molecule has 3 atom stereocenters. The summed E-state index contributed by atoms with van der Waals surface area (Å²) in [6.45, 7) is 14.7. The molecule has 0 aromatic heterocycles. The van der Waals surface area contributed by atoms with Crippen molar-refractivity contribution in [1.82, 2.24) is 5.32 Å². The highest BCUT2D eigenvalue weighted by atomic mass is 15.0. The van der Waals surface area contributed by atoms with Gasteiger partial charge >= 0.3 is 0 Å². The fourth-order valence-electron chi connectivity index (χ4n) is 4.58. The SMILES string of the molecule is CC1CCC(C(C)C)C2(CNCC2(C)C)C1. The predicted octanol–water partition coefficient (Wildman–Crippen LogP) is 3.69. The molecule has 0 amide bonds. The zero-order valence-electron chi connectivity index (χ0n) is 11.8. The number of rotatable bonds is 1. The normalized spacial score (nSPS) is 43.1. The van der Waals surface area contributed by atoms with E-state index in [0.29, 0.717) is 10.8 Å². The van der Waals surface area contributed by atoms with Crippen LogP contribution >= 0.6 is 0 Å². The molecule has 0 bridgehead atoms. The summed E-state index contributed by atoms with van der Waals surface area (Å²) in [6, 6.07) is 0. The lowest BCUT2D eigenvalue weighted by molar-refractivity contribution is -0.0306. The molecular formula is C15H29N. The summed E-state index contributed by atoms with van der Waals surface area (Å²) < 4.78 is 0. The van der Waals surface area contributed by atoms with Crippen LogP contribution in [0.2, 0.25) is 0 Å². The minimum atomic E-state index is 0.483. The third kappa shape index (κ3) is 1.72. The van der Waals surface area contributed by atoms with Gasteiger partial charge in [-0.3, -0.25) is 0 Å². The Morgan fingerprint density at radius 3 is 2.31 bits per heavy atom. The molecule has 1 heteroatoms. The van der Waals surface area contributed by atoms with E-state index in [0.717, 1.165) is 17.8 Å². The third-order valence-electron chi connectivity index (χ3n) is 5.55. The molecule has 1 heterocycles. The summed E-state index contributed by atoms with van der Waals surface area (Å²) in [5, 5.41) is 3.68. The molecule has 16 heavy (non-hydrogen) atoms. The summed E-state index contributed by atoms with van der Waals surface area (Å²) in [5.74, 6) is 2.69. The van der Waals surface area contributed by atoms with Gasteiger partial charge in [0.1, 0.15) is 0 Å². The van der Waals surface area contributed by atoms with Crippen LogP contribution in [0.1, 0.15) is 53.9 Å². The van der Waals surface area contributed by atoms with Crippen molar-refractivity contribution in [3.8, 4) is 0 Å². The molecule has 94 valence electrons. The van der Waals surface area contributed by atoms with E-state index in [9.17, 15) is 0 Å². The minimum absolute atomic E-state index is 0.483. The van der Waals surface area contributed by atoms with Gasteiger partial charge < -0.3 is 5.32 Å². The van der Waals surface area contributed by atoms with Crippen molar-refractivity contribution in [1.29, 1.82) is 0 Å². The molecule has 0 aromatic carbocycles. The second kappa shape index (κ2) is 4.01. The van der Waals surface area contributed by atoms with Crippen molar-refractivity contribution < 1.29 is 0 Å². The van der Waals surface area contributed by atoms with E-state index in [4.69, 9.17) is 0 Å². The molecule has 1 saturated heterocycles. The zero-order valence-corrected chi connectivity index (χ0v) is 11.8. The Bertz CT molecular complexity index is 256. The fourth-order valence-corrected chi connectivity index (χ4v) is 4.58. The van der Waals surface area contributed by atoms with Crippen LogP contribution in [-0.4, -0.2) is 13.1 Å². The first-order chi connectivity index (χ1) is 7.39. The Labute approximate surface area is 101 Å². The topological polar surface area (TPSA) is 12.0 Å². The van der Waals surface area contributed by atoms with Gasteiger partial charge in [-0.05, 0) is 41.4 Å². The Morgan fingerprint density at radius 1 is 1.12 bits per heavy atom. The highest BCUT2D eigenvalue weighted by Crippen LogP contribution is 2.58. The molecule has 1 aliphatic heterocycles. The Hall–Kier alpha value is -0.0400. The van der Waals surface area contributed by atoms with Gasteiger partial charge in [0.2, 0.25) is 0 Å². The van der Waals surface area contributed by atoms with Crippen LogP contribution in [-0.2, 0) is 0 Å². The lowest BCUT2D eigenvalue weighted by atomic mass is 9.51. The third-order valence-corrected chi connectivity index (χ3v) is 5.55. The van der Waals surface area contributed by atoms with Gasteiger partial charge in [-0.1, -0.05) is 41.0 Å². The van der Waals surface area contributed by atoms with Crippen LogP contribution in [0.25, 0.3) is 0 Å². The van der Waals surface area contributed by atoms with Crippen LogP contribution in [0.3, 0.4) is 0 Å². The molecule has 1 spiro atoms. The zero-order chi connectivity index (χ0) is 12.0. The van der Waals surface area contributed by atoms with E-state index in [-0.39, 0.29) is 0 Å². The average Bonchev–Trinajstić information content (AvgIpc) is 2.42. The maximum Gasteiger partial charge on any atom is 0.00165 e. The quantitative estimate of drug-likeness (QED) is 0.715. The Balaban J connectivity index is 2.32. The summed E-state index contributed by atoms with van der Waals surface area (Å²) in [5.41, 5.74) is 1.05. The van der Waals surface area contributed by atoms with Gasteiger partial charge in [0.15, 0.2) is 0 Å². The van der Waals surface area contributed by atoms with Crippen molar-refractivity contribution in [2.24, 2.45) is 28.6 Å². The Kier molecular flexibility index (Phi) is 3.11. The minimum Gasteiger partial charge on any atom is -0.316 e. The first-order valence-corrected chi connectivity index (χ1v) is 7.10. The highest BCUT2D eigenvalue weighted by molar-refractivity contribution is 5.07. The molecule has 2 fully saturated rings. The van der Waals surface area contributed by atoms with Crippen LogP contribution in [0.15, 0.2) is 0 Å². The molecule has 0 aromatic rings. The molecule has 1 nitrogen and oxygen atoms in total. The van der Waals surface area contributed by atoms with E-state index in [1.54, 1.807) is 0 Å². The van der Waals surface area contributed by atoms with Crippen molar-refractivity contribution >= 4 is 0 Å². The number of hydrogen-bond donors (Lipinski definition) is 1. The molecule has 1 N–H and O–H groups in total. The van der Waals surface area contributed by atoms with Crippen molar-refractivity contribution in [3.05, 3.63) is 0 Å². The monoisotopic (exact) mass is 223 g/mol. The fraction of sp³-hybridized carbons (Fsp3) is 1.00. The van der Waals surface area contributed by atoms with E-state index in [1.807, 2.05) is 0 Å². The maximum absolute atomic E-state index is 3.68. The molecule has 3 unspecified atom stereocenters. The van der Waals surface area contributed by atoms with Crippen molar-refractivity contribution in [2.45, 2.75) is 53.9 Å². The molecule has 0 radical (unpaired) electrons. The standard InChI is InChI=1S/C15H29N/c1-11(2)13-7-6-12(3)8-15(13)10-16-9-14(15,4)5/h11-13,16H,6-10H2,1-5H3. The Morgan fingerprint density at radius 2 is 1.81 bits per heavy atom. The van der Waals surface area contributed by atoms with Crippen LogP contribution in [0.5, 0.6) is 0 Å². The largest absolute Gasteiger partial charge is 0.316 e. The first kappa shape index (κ1) is 12.4. The summed E-state index contributed by atoms with van der Waals surface area (Å²) in [7, 11) is 0.